The predicted octanol–water partition coefficient (Wildman–Crippen LogP) is 3.03. The second kappa shape index (κ2) is 12.4. The lowest BCUT2D eigenvalue weighted by Crippen LogP contribution is -2.47. The number of hydrogen-bond donors (Lipinski definition) is 2. The maximum absolute atomic E-state index is 4.31. The summed E-state index contributed by atoms with van der Waals surface area (Å²) in [5.74, 6) is 1.51. The van der Waals surface area contributed by atoms with Crippen molar-refractivity contribution in [3.05, 3.63) is 30.3 Å². The Hall–Kier alpha value is -1.02. The van der Waals surface area contributed by atoms with Crippen molar-refractivity contribution in [1.82, 2.24) is 15.5 Å². The SMILES string of the molecule is CN=C(NCCCN1CCN(c2ccccc2)CC1)NC(C)C(C)C.I. The zero-order valence-corrected chi connectivity index (χ0v) is 19.1. The van der Waals surface area contributed by atoms with E-state index in [1.54, 1.807) is 0 Å². The molecule has 0 saturated carbocycles. The number of halogens is 1. The van der Waals surface area contributed by atoms with E-state index in [0.29, 0.717) is 12.0 Å². The topological polar surface area (TPSA) is 42.9 Å². The van der Waals surface area contributed by atoms with Crippen molar-refractivity contribution >= 4 is 35.6 Å². The van der Waals surface area contributed by atoms with Gasteiger partial charge < -0.3 is 15.5 Å². The molecule has 0 radical (unpaired) electrons. The van der Waals surface area contributed by atoms with Gasteiger partial charge in [0.25, 0.3) is 0 Å². The second-order valence-corrected chi connectivity index (χ2v) is 7.19. The smallest absolute Gasteiger partial charge is 0.191 e. The van der Waals surface area contributed by atoms with Gasteiger partial charge in [-0.25, -0.2) is 0 Å². The van der Waals surface area contributed by atoms with Crippen LogP contribution >= 0.6 is 24.0 Å². The maximum atomic E-state index is 4.31. The van der Waals surface area contributed by atoms with E-state index in [0.717, 1.165) is 51.6 Å². The van der Waals surface area contributed by atoms with E-state index in [2.05, 4.69) is 76.5 Å². The number of aliphatic imine (C=N–C) groups is 1. The van der Waals surface area contributed by atoms with Gasteiger partial charge in [0.05, 0.1) is 0 Å². The lowest BCUT2D eigenvalue weighted by Gasteiger charge is -2.36. The van der Waals surface area contributed by atoms with Crippen molar-refractivity contribution in [2.75, 3.05) is 51.2 Å². The van der Waals surface area contributed by atoms with Crippen LogP contribution in [0.25, 0.3) is 0 Å². The Balaban J connectivity index is 0.00000338. The van der Waals surface area contributed by atoms with E-state index in [1.807, 2.05) is 7.05 Å². The standard InChI is InChI=1S/C20H35N5.HI/c1-17(2)18(3)23-20(21-4)22-11-8-12-24-13-15-25(16-14-24)19-9-6-5-7-10-19;/h5-7,9-10,17-18H,8,11-16H2,1-4H3,(H2,21,22,23);1H. The molecular formula is C20H36IN5. The zero-order valence-electron chi connectivity index (χ0n) is 16.7. The molecule has 148 valence electrons. The number of rotatable bonds is 7. The van der Waals surface area contributed by atoms with Crippen LogP contribution in [0.1, 0.15) is 27.2 Å². The fraction of sp³-hybridized carbons (Fsp3) is 0.650. The number of piperazine rings is 1. The van der Waals surface area contributed by atoms with Crippen LogP contribution in [0.2, 0.25) is 0 Å². The molecule has 1 aromatic rings. The van der Waals surface area contributed by atoms with Crippen molar-refractivity contribution in [3.63, 3.8) is 0 Å². The third-order valence-corrected chi connectivity index (χ3v) is 5.03. The highest BCUT2D eigenvalue weighted by Crippen LogP contribution is 2.15. The van der Waals surface area contributed by atoms with Gasteiger partial charge in [-0.15, -0.1) is 24.0 Å². The first-order valence-corrected chi connectivity index (χ1v) is 9.59. The molecule has 1 heterocycles. The first kappa shape index (κ1) is 23.0. The lowest BCUT2D eigenvalue weighted by atomic mass is 10.1. The summed E-state index contributed by atoms with van der Waals surface area (Å²) in [4.78, 5) is 9.36. The Bertz CT molecular complexity index is 512. The van der Waals surface area contributed by atoms with E-state index < -0.39 is 0 Å². The van der Waals surface area contributed by atoms with E-state index >= 15 is 0 Å². The van der Waals surface area contributed by atoms with Gasteiger partial charge in [0, 0.05) is 51.5 Å². The highest BCUT2D eigenvalue weighted by molar-refractivity contribution is 14.0. The summed E-state index contributed by atoms with van der Waals surface area (Å²) in [6, 6.07) is 11.2. The molecule has 1 saturated heterocycles. The van der Waals surface area contributed by atoms with Gasteiger partial charge in [0.1, 0.15) is 0 Å². The van der Waals surface area contributed by atoms with Crippen molar-refractivity contribution in [1.29, 1.82) is 0 Å². The van der Waals surface area contributed by atoms with Gasteiger partial charge in [-0.3, -0.25) is 9.89 Å². The summed E-state index contributed by atoms with van der Waals surface area (Å²) < 4.78 is 0. The number of anilines is 1. The average Bonchev–Trinajstić information content (AvgIpc) is 2.65. The number of nitrogens with one attached hydrogen (secondary N) is 2. The molecular weight excluding hydrogens is 437 g/mol. The Kier molecular flexibility index (Phi) is 11.0. The van der Waals surface area contributed by atoms with Crippen molar-refractivity contribution in [3.8, 4) is 0 Å². The van der Waals surface area contributed by atoms with E-state index in [1.165, 1.54) is 5.69 Å². The summed E-state index contributed by atoms with van der Waals surface area (Å²) in [5.41, 5.74) is 1.35. The summed E-state index contributed by atoms with van der Waals surface area (Å²) in [5, 5.41) is 6.88. The van der Waals surface area contributed by atoms with Crippen LogP contribution in [-0.4, -0.2) is 63.2 Å². The Morgan fingerprint density at radius 1 is 1.08 bits per heavy atom. The van der Waals surface area contributed by atoms with Crippen molar-refractivity contribution in [2.45, 2.75) is 33.2 Å². The summed E-state index contributed by atoms with van der Waals surface area (Å²) in [6.45, 7) is 13.3. The average molecular weight is 473 g/mol. The quantitative estimate of drug-likeness (QED) is 0.277. The number of hydrogen-bond acceptors (Lipinski definition) is 3. The molecule has 1 fully saturated rings. The molecule has 0 aromatic heterocycles. The van der Waals surface area contributed by atoms with Gasteiger partial charge in [0.2, 0.25) is 0 Å². The highest BCUT2D eigenvalue weighted by atomic mass is 127. The van der Waals surface area contributed by atoms with Crippen LogP contribution in [0.15, 0.2) is 35.3 Å². The molecule has 0 amide bonds. The van der Waals surface area contributed by atoms with Crippen molar-refractivity contribution < 1.29 is 0 Å². The molecule has 1 aromatic carbocycles. The Morgan fingerprint density at radius 3 is 2.31 bits per heavy atom. The van der Waals surface area contributed by atoms with Crippen LogP contribution in [0.4, 0.5) is 5.69 Å². The molecule has 5 nitrogen and oxygen atoms in total. The Labute approximate surface area is 176 Å². The molecule has 0 spiro atoms. The molecule has 2 rings (SSSR count). The molecule has 0 aliphatic carbocycles. The molecule has 1 aliphatic heterocycles. The van der Waals surface area contributed by atoms with Gasteiger partial charge in [-0.1, -0.05) is 32.0 Å². The number of para-hydroxylation sites is 1. The Morgan fingerprint density at radius 2 is 1.73 bits per heavy atom. The van der Waals surface area contributed by atoms with Crippen LogP contribution in [0.5, 0.6) is 0 Å². The summed E-state index contributed by atoms with van der Waals surface area (Å²) >= 11 is 0. The van der Waals surface area contributed by atoms with Crippen LogP contribution < -0.4 is 15.5 Å². The third kappa shape index (κ3) is 7.70. The number of guanidine groups is 1. The molecule has 1 unspecified atom stereocenters. The monoisotopic (exact) mass is 473 g/mol. The lowest BCUT2D eigenvalue weighted by molar-refractivity contribution is 0.255. The maximum Gasteiger partial charge on any atom is 0.191 e. The minimum Gasteiger partial charge on any atom is -0.369 e. The van der Waals surface area contributed by atoms with Gasteiger partial charge in [0.15, 0.2) is 5.96 Å². The second-order valence-electron chi connectivity index (χ2n) is 7.19. The highest BCUT2D eigenvalue weighted by Gasteiger charge is 2.16. The molecule has 1 atom stereocenters. The molecule has 26 heavy (non-hydrogen) atoms. The molecule has 0 bridgehead atoms. The first-order valence-electron chi connectivity index (χ1n) is 9.59. The predicted molar refractivity (Wildman–Crippen MR) is 124 cm³/mol. The van der Waals surface area contributed by atoms with Gasteiger partial charge >= 0.3 is 0 Å². The number of nitrogens with zero attached hydrogens (tertiary/aromatic N) is 3. The van der Waals surface area contributed by atoms with Crippen LogP contribution in [0.3, 0.4) is 0 Å². The van der Waals surface area contributed by atoms with Crippen LogP contribution in [-0.2, 0) is 0 Å². The zero-order chi connectivity index (χ0) is 18.1. The van der Waals surface area contributed by atoms with Crippen LogP contribution in [0, 0.1) is 5.92 Å². The third-order valence-electron chi connectivity index (χ3n) is 5.03. The first-order chi connectivity index (χ1) is 12.1. The van der Waals surface area contributed by atoms with Crippen molar-refractivity contribution in [2.24, 2.45) is 10.9 Å². The normalized spacial score (nSPS) is 17.0. The largest absolute Gasteiger partial charge is 0.369 e. The summed E-state index contributed by atoms with van der Waals surface area (Å²) in [7, 11) is 1.84. The summed E-state index contributed by atoms with van der Waals surface area (Å²) in [6.07, 6.45) is 1.14. The van der Waals surface area contributed by atoms with E-state index in [-0.39, 0.29) is 24.0 Å². The molecule has 6 heteroatoms. The van der Waals surface area contributed by atoms with Gasteiger partial charge in [-0.05, 0) is 37.9 Å². The van der Waals surface area contributed by atoms with E-state index in [4.69, 9.17) is 0 Å². The number of benzene rings is 1. The molecule has 2 N–H and O–H groups in total. The minimum absolute atomic E-state index is 0. The van der Waals surface area contributed by atoms with Gasteiger partial charge in [-0.2, -0.15) is 0 Å². The minimum atomic E-state index is 0. The fourth-order valence-corrected chi connectivity index (χ4v) is 2.95. The fourth-order valence-electron chi connectivity index (χ4n) is 2.95. The van der Waals surface area contributed by atoms with E-state index in [9.17, 15) is 0 Å². The molecule has 1 aliphatic rings.